The Balaban J connectivity index is 1.55. The Hall–Kier alpha value is -2.68. The Kier molecular flexibility index (Phi) is 7.25. The molecule has 0 aliphatic rings. The van der Waals surface area contributed by atoms with Crippen LogP contribution in [0.5, 0.6) is 11.5 Å². The van der Waals surface area contributed by atoms with Crippen LogP contribution in [-0.4, -0.2) is 46.8 Å². The predicted molar refractivity (Wildman–Crippen MR) is 118 cm³/mol. The first kappa shape index (κ1) is 22.0. The highest BCUT2D eigenvalue weighted by atomic mass is 32.2. The van der Waals surface area contributed by atoms with Gasteiger partial charge >= 0.3 is 0 Å². The predicted octanol–water partition coefficient (Wildman–Crippen LogP) is 2.75. The number of pyridine rings is 1. The summed E-state index contributed by atoms with van der Waals surface area (Å²) in [5, 5.41) is 4.80. The molecule has 3 rings (SSSR count). The highest BCUT2D eigenvalue weighted by Gasteiger charge is 2.18. The fourth-order valence-electron chi connectivity index (χ4n) is 3.21. The van der Waals surface area contributed by atoms with E-state index in [1.54, 1.807) is 44.8 Å². The zero-order valence-electron chi connectivity index (χ0n) is 17.4. The molecule has 0 aliphatic heterocycles. The first-order valence-corrected chi connectivity index (χ1v) is 11.2. The molecule has 0 fully saturated rings. The van der Waals surface area contributed by atoms with Gasteiger partial charge in [-0.1, -0.05) is 18.2 Å². The largest absolute Gasteiger partial charge is 0.493 e. The van der Waals surface area contributed by atoms with Crippen LogP contribution in [0.25, 0.3) is 10.8 Å². The van der Waals surface area contributed by atoms with Gasteiger partial charge in [0.05, 0.1) is 19.1 Å². The molecule has 0 aliphatic carbocycles. The third kappa shape index (κ3) is 5.27. The van der Waals surface area contributed by atoms with Crippen molar-refractivity contribution < 1.29 is 17.9 Å². The summed E-state index contributed by atoms with van der Waals surface area (Å²) in [6, 6.07) is 12.7. The molecule has 7 nitrogen and oxygen atoms in total. The third-order valence-corrected chi connectivity index (χ3v) is 6.35. The van der Waals surface area contributed by atoms with Crippen molar-refractivity contribution >= 4 is 20.8 Å². The number of rotatable bonds is 10. The first-order valence-electron chi connectivity index (χ1n) is 9.71. The second-order valence-corrected chi connectivity index (χ2v) is 8.73. The summed E-state index contributed by atoms with van der Waals surface area (Å²) in [7, 11) is -0.404. The van der Waals surface area contributed by atoms with E-state index in [9.17, 15) is 8.42 Å². The number of sulfonamides is 1. The molecule has 0 spiro atoms. The number of benzene rings is 2. The molecular weight excluding hydrogens is 402 g/mol. The lowest BCUT2D eigenvalue weighted by molar-refractivity contribution is 0.354. The van der Waals surface area contributed by atoms with Crippen LogP contribution in [0.15, 0.2) is 59.8 Å². The Morgan fingerprint density at radius 1 is 1.07 bits per heavy atom. The molecule has 0 saturated carbocycles. The van der Waals surface area contributed by atoms with Crippen molar-refractivity contribution in [2.45, 2.75) is 24.3 Å². The van der Waals surface area contributed by atoms with Gasteiger partial charge in [-0.3, -0.25) is 4.98 Å². The van der Waals surface area contributed by atoms with Crippen LogP contribution >= 0.6 is 0 Å². The molecule has 160 valence electrons. The molecule has 0 radical (unpaired) electrons. The summed E-state index contributed by atoms with van der Waals surface area (Å²) in [6.45, 7) is 2.94. The minimum absolute atomic E-state index is 0.0310. The van der Waals surface area contributed by atoms with Crippen molar-refractivity contribution in [3.8, 4) is 11.5 Å². The molecule has 2 N–H and O–H groups in total. The van der Waals surface area contributed by atoms with Gasteiger partial charge in [0, 0.05) is 35.8 Å². The van der Waals surface area contributed by atoms with Crippen LogP contribution in [0.1, 0.15) is 12.5 Å². The van der Waals surface area contributed by atoms with Crippen molar-refractivity contribution in [3.05, 3.63) is 60.4 Å². The number of hydrogen-bond donors (Lipinski definition) is 2. The van der Waals surface area contributed by atoms with E-state index in [1.165, 1.54) is 0 Å². The maximum atomic E-state index is 12.8. The van der Waals surface area contributed by atoms with Crippen LogP contribution in [-0.2, 0) is 16.4 Å². The fraction of sp³-hybridized carbons (Fsp3) is 0.318. The van der Waals surface area contributed by atoms with Crippen LogP contribution < -0.4 is 19.5 Å². The average Bonchev–Trinajstić information content (AvgIpc) is 2.77. The molecule has 2 aromatic carbocycles. The fourth-order valence-corrected chi connectivity index (χ4v) is 4.57. The molecule has 0 bridgehead atoms. The van der Waals surface area contributed by atoms with Crippen molar-refractivity contribution in [3.63, 3.8) is 0 Å². The molecule has 3 aromatic rings. The number of aromatic nitrogens is 1. The molecule has 0 saturated heterocycles. The molecule has 1 heterocycles. The number of nitrogens with zero attached hydrogens (tertiary/aromatic N) is 1. The monoisotopic (exact) mass is 429 g/mol. The van der Waals surface area contributed by atoms with Crippen molar-refractivity contribution in [1.82, 2.24) is 15.0 Å². The van der Waals surface area contributed by atoms with Gasteiger partial charge in [-0.05, 0) is 49.7 Å². The van der Waals surface area contributed by atoms with Gasteiger partial charge in [-0.15, -0.1) is 0 Å². The minimum atomic E-state index is -3.62. The van der Waals surface area contributed by atoms with Gasteiger partial charge in [0.1, 0.15) is 0 Å². The summed E-state index contributed by atoms with van der Waals surface area (Å²) in [6.07, 6.45) is 4.04. The van der Waals surface area contributed by atoms with Crippen LogP contribution in [0.4, 0.5) is 0 Å². The number of fused-ring (bicyclic) bond motifs is 1. The molecule has 1 aromatic heterocycles. The second kappa shape index (κ2) is 9.88. The summed E-state index contributed by atoms with van der Waals surface area (Å²) >= 11 is 0. The smallest absolute Gasteiger partial charge is 0.241 e. The lowest BCUT2D eigenvalue weighted by Crippen LogP contribution is -2.39. The normalized spacial score (nSPS) is 12.6. The maximum Gasteiger partial charge on any atom is 0.241 e. The standard InChI is InChI=1S/C22H27N3O4S/c1-16(24-12-9-17-7-8-20(28-2)21(13-17)29-3)14-25-30(26,27)22-6-4-5-18-15-23-11-10-19(18)22/h4-8,10-11,13,15-16,24-25H,9,12,14H2,1-3H3. The zero-order valence-corrected chi connectivity index (χ0v) is 18.2. The molecule has 8 heteroatoms. The topological polar surface area (TPSA) is 89.6 Å². The van der Waals surface area contributed by atoms with Gasteiger partial charge in [0.15, 0.2) is 11.5 Å². The third-order valence-electron chi connectivity index (χ3n) is 4.86. The van der Waals surface area contributed by atoms with Gasteiger partial charge in [-0.2, -0.15) is 0 Å². The maximum absolute atomic E-state index is 12.8. The van der Waals surface area contributed by atoms with Gasteiger partial charge in [0.2, 0.25) is 10.0 Å². The number of ether oxygens (including phenoxy) is 2. The van der Waals surface area contributed by atoms with Crippen LogP contribution in [0, 0.1) is 0 Å². The highest BCUT2D eigenvalue weighted by molar-refractivity contribution is 7.89. The summed E-state index contributed by atoms with van der Waals surface area (Å²) < 4.78 is 38.9. The van der Waals surface area contributed by atoms with Crippen molar-refractivity contribution in [1.29, 1.82) is 0 Å². The SMILES string of the molecule is COc1ccc(CCNC(C)CNS(=O)(=O)c2cccc3cnccc23)cc1OC. The number of hydrogen-bond acceptors (Lipinski definition) is 6. The Labute approximate surface area is 177 Å². The Bertz CT molecular complexity index is 1100. The van der Waals surface area contributed by atoms with Gasteiger partial charge in [-0.25, -0.2) is 13.1 Å². The van der Waals surface area contributed by atoms with E-state index in [1.807, 2.05) is 31.2 Å². The molecular formula is C22H27N3O4S. The first-order chi connectivity index (χ1) is 14.4. The summed E-state index contributed by atoms with van der Waals surface area (Å²) in [4.78, 5) is 4.31. The molecule has 1 atom stereocenters. The van der Waals surface area contributed by atoms with Crippen molar-refractivity contribution in [2.75, 3.05) is 27.3 Å². The van der Waals surface area contributed by atoms with Gasteiger partial charge < -0.3 is 14.8 Å². The molecule has 1 unspecified atom stereocenters. The lowest BCUT2D eigenvalue weighted by Gasteiger charge is -2.16. The van der Waals surface area contributed by atoms with Gasteiger partial charge in [0.25, 0.3) is 0 Å². The second-order valence-electron chi connectivity index (χ2n) is 7.00. The van der Waals surface area contributed by atoms with E-state index < -0.39 is 10.0 Å². The van der Waals surface area contributed by atoms with E-state index in [4.69, 9.17) is 9.47 Å². The number of nitrogens with one attached hydrogen (secondary N) is 2. The summed E-state index contributed by atoms with van der Waals surface area (Å²) in [5.41, 5.74) is 1.11. The molecule has 30 heavy (non-hydrogen) atoms. The Morgan fingerprint density at radius 2 is 1.87 bits per heavy atom. The van der Waals surface area contributed by atoms with Crippen molar-refractivity contribution in [2.24, 2.45) is 0 Å². The zero-order chi connectivity index (χ0) is 21.6. The quantitative estimate of drug-likeness (QED) is 0.515. The average molecular weight is 430 g/mol. The van der Waals surface area contributed by atoms with E-state index in [0.29, 0.717) is 23.4 Å². The van der Waals surface area contributed by atoms with E-state index in [2.05, 4.69) is 15.0 Å². The minimum Gasteiger partial charge on any atom is -0.493 e. The van der Waals surface area contributed by atoms with Crippen LogP contribution in [0.3, 0.4) is 0 Å². The van der Waals surface area contributed by atoms with E-state index in [-0.39, 0.29) is 17.5 Å². The highest BCUT2D eigenvalue weighted by Crippen LogP contribution is 2.27. The summed E-state index contributed by atoms with van der Waals surface area (Å²) in [5.74, 6) is 1.39. The van der Waals surface area contributed by atoms with E-state index >= 15 is 0 Å². The lowest BCUT2D eigenvalue weighted by atomic mass is 10.1. The molecule has 0 amide bonds. The van der Waals surface area contributed by atoms with Crippen LogP contribution in [0.2, 0.25) is 0 Å². The Morgan fingerprint density at radius 3 is 2.63 bits per heavy atom. The van der Waals surface area contributed by atoms with E-state index in [0.717, 1.165) is 17.4 Å². The number of methoxy groups -OCH3 is 2.